The first-order valence-corrected chi connectivity index (χ1v) is 8.15. The van der Waals surface area contributed by atoms with Crippen LogP contribution in [0.5, 0.6) is 0 Å². The SMILES string of the molecule is CC1CC(C)CC(OC2COC3(CCNCC3)C2)C1. The summed E-state index contributed by atoms with van der Waals surface area (Å²) in [5, 5.41) is 3.42. The topological polar surface area (TPSA) is 30.5 Å². The quantitative estimate of drug-likeness (QED) is 0.834. The van der Waals surface area contributed by atoms with Gasteiger partial charge in [0.1, 0.15) is 0 Å². The molecule has 0 radical (unpaired) electrons. The Labute approximate surface area is 117 Å². The lowest BCUT2D eigenvalue weighted by atomic mass is 9.81. The fourth-order valence-corrected chi connectivity index (χ4v) is 4.38. The molecule has 3 fully saturated rings. The van der Waals surface area contributed by atoms with Crippen molar-refractivity contribution in [2.24, 2.45) is 11.8 Å². The molecule has 3 atom stereocenters. The summed E-state index contributed by atoms with van der Waals surface area (Å²) in [5.41, 5.74) is 0.141. The van der Waals surface area contributed by atoms with E-state index in [1.165, 1.54) is 19.3 Å². The molecule has 1 aliphatic carbocycles. The smallest absolute Gasteiger partial charge is 0.0840 e. The van der Waals surface area contributed by atoms with Crippen LogP contribution < -0.4 is 5.32 Å². The van der Waals surface area contributed by atoms with Crippen LogP contribution in [-0.2, 0) is 9.47 Å². The number of rotatable bonds is 2. The molecule has 2 heterocycles. The van der Waals surface area contributed by atoms with Crippen LogP contribution in [0, 0.1) is 11.8 Å². The van der Waals surface area contributed by atoms with Gasteiger partial charge in [-0.2, -0.15) is 0 Å². The fraction of sp³-hybridized carbons (Fsp3) is 1.00. The predicted octanol–water partition coefficient (Wildman–Crippen LogP) is 2.74. The van der Waals surface area contributed by atoms with Crippen molar-refractivity contribution in [2.45, 2.75) is 70.2 Å². The summed E-state index contributed by atoms with van der Waals surface area (Å²) in [7, 11) is 0. The minimum atomic E-state index is 0.141. The van der Waals surface area contributed by atoms with E-state index in [9.17, 15) is 0 Å². The molecule has 19 heavy (non-hydrogen) atoms. The highest BCUT2D eigenvalue weighted by Gasteiger charge is 2.42. The highest BCUT2D eigenvalue weighted by molar-refractivity contribution is 4.94. The van der Waals surface area contributed by atoms with Crippen LogP contribution >= 0.6 is 0 Å². The molecule has 1 N–H and O–H groups in total. The van der Waals surface area contributed by atoms with Gasteiger partial charge >= 0.3 is 0 Å². The van der Waals surface area contributed by atoms with E-state index in [0.717, 1.165) is 50.8 Å². The lowest BCUT2D eigenvalue weighted by Crippen LogP contribution is -2.41. The minimum absolute atomic E-state index is 0.141. The Balaban J connectivity index is 1.51. The van der Waals surface area contributed by atoms with Gasteiger partial charge in [0.25, 0.3) is 0 Å². The summed E-state index contributed by atoms with van der Waals surface area (Å²) in [6.45, 7) is 7.75. The molecule has 0 aromatic rings. The molecule has 0 aromatic carbocycles. The maximum atomic E-state index is 6.38. The van der Waals surface area contributed by atoms with Gasteiger partial charge in [0.2, 0.25) is 0 Å². The van der Waals surface area contributed by atoms with Crippen molar-refractivity contribution in [3.05, 3.63) is 0 Å². The Morgan fingerprint density at radius 2 is 1.68 bits per heavy atom. The van der Waals surface area contributed by atoms with Crippen LogP contribution in [0.15, 0.2) is 0 Å². The first-order chi connectivity index (χ1) is 9.15. The number of hydrogen-bond donors (Lipinski definition) is 1. The molecule has 3 aliphatic rings. The highest BCUT2D eigenvalue weighted by atomic mass is 16.6. The zero-order valence-corrected chi connectivity index (χ0v) is 12.5. The fourth-order valence-electron chi connectivity index (χ4n) is 4.38. The first kappa shape index (κ1) is 13.8. The third-order valence-corrected chi connectivity index (χ3v) is 5.21. The van der Waals surface area contributed by atoms with Crippen molar-refractivity contribution < 1.29 is 9.47 Å². The Morgan fingerprint density at radius 1 is 1.00 bits per heavy atom. The molecular formula is C16H29NO2. The van der Waals surface area contributed by atoms with Crippen molar-refractivity contribution >= 4 is 0 Å². The summed E-state index contributed by atoms with van der Waals surface area (Å²) >= 11 is 0. The monoisotopic (exact) mass is 267 g/mol. The summed E-state index contributed by atoms with van der Waals surface area (Å²) in [6.07, 6.45) is 8.12. The average molecular weight is 267 g/mol. The van der Waals surface area contributed by atoms with Gasteiger partial charge in [0, 0.05) is 6.42 Å². The summed E-state index contributed by atoms with van der Waals surface area (Å²) in [6, 6.07) is 0. The predicted molar refractivity (Wildman–Crippen MR) is 76.2 cm³/mol. The van der Waals surface area contributed by atoms with Crippen molar-refractivity contribution in [1.29, 1.82) is 0 Å². The van der Waals surface area contributed by atoms with E-state index < -0.39 is 0 Å². The molecule has 1 spiro atoms. The van der Waals surface area contributed by atoms with E-state index in [1.54, 1.807) is 0 Å². The molecule has 0 amide bonds. The van der Waals surface area contributed by atoms with Crippen molar-refractivity contribution in [1.82, 2.24) is 5.32 Å². The van der Waals surface area contributed by atoms with E-state index in [-0.39, 0.29) is 5.60 Å². The van der Waals surface area contributed by atoms with E-state index >= 15 is 0 Å². The summed E-state index contributed by atoms with van der Waals surface area (Å²) in [5.74, 6) is 1.65. The van der Waals surface area contributed by atoms with Crippen LogP contribution in [0.25, 0.3) is 0 Å². The largest absolute Gasteiger partial charge is 0.372 e. The number of hydrogen-bond acceptors (Lipinski definition) is 3. The first-order valence-electron chi connectivity index (χ1n) is 8.15. The molecular weight excluding hydrogens is 238 g/mol. The molecule has 2 aliphatic heterocycles. The lowest BCUT2D eigenvalue weighted by molar-refractivity contribution is -0.0536. The van der Waals surface area contributed by atoms with Crippen molar-refractivity contribution in [3.63, 3.8) is 0 Å². The normalized spacial score (nSPS) is 42.6. The Morgan fingerprint density at radius 3 is 2.37 bits per heavy atom. The second-order valence-electron chi connectivity index (χ2n) is 7.25. The van der Waals surface area contributed by atoms with Crippen LogP contribution in [0.4, 0.5) is 0 Å². The van der Waals surface area contributed by atoms with E-state index in [0.29, 0.717) is 12.2 Å². The summed E-state index contributed by atoms with van der Waals surface area (Å²) in [4.78, 5) is 0. The third kappa shape index (κ3) is 3.32. The van der Waals surface area contributed by atoms with E-state index in [1.807, 2.05) is 0 Å². The van der Waals surface area contributed by atoms with Crippen LogP contribution in [0.1, 0.15) is 52.4 Å². The van der Waals surface area contributed by atoms with Crippen molar-refractivity contribution in [2.75, 3.05) is 19.7 Å². The number of piperidine rings is 1. The molecule has 3 heteroatoms. The van der Waals surface area contributed by atoms with Gasteiger partial charge in [-0.25, -0.2) is 0 Å². The second-order valence-corrected chi connectivity index (χ2v) is 7.25. The minimum Gasteiger partial charge on any atom is -0.372 e. The molecule has 2 saturated heterocycles. The standard InChI is InChI=1S/C16H29NO2/c1-12-7-13(2)9-14(8-12)19-15-10-16(18-11-15)3-5-17-6-4-16/h12-15,17H,3-11H2,1-2H3. The van der Waals surface area contributed by atoms with Gasteiger partial charge in [-0.05, 0) is 57.0 Å². The van der Waals surface area contributed by atoms with Crippen LogP contribution in [0.2, 0.25) is 0 Å². The zero-order valence-electron chi connectivity index (χ0n) is 12.5. The maximum Gasteiger partial charge on any atom is 0.0840 e. The van der Waals surface area contributed by atoms with Gasteiger partial charge in [0.05, 0.1) is 24.4 Å². The molecule has 3 nitrogen and oxygen atoms in total. The van der Waals surface area contributed by atoms with Crippen LogP contribution in [0.3, 0.4) is 0 Å². The average Bonchev–Trinajstić information content (AvgIpc) is 2.71. The molecule has 110 valence electrons. The zero-order chi connectivity index (χ0) is 13.3. The second kappa shape index (κ2) is 5.71. The number of ether oxygens (including phenoxy) is 2. The van der Waals surface area contributed by atoms with E-state index in [4.69, 9.17) is 9.47 Å². The molecule has 3 rings (SSSR count). The summed E-state index contributed by atoms with van der Waals surface area (Å²) < 4.78 is 12.5. The molecule has 0 aromatic heterocycles. The highest BCUT2D eigenvalue weighted by Crippen LogP contribution is 2.38. The van der Waals surface area contributed by atoms with E-state index in [2.05, 4.69) is 19.2 Å². The molecule has 0 bridgehead atoms. The Kier molecular flexibility index (Phi) is 4.16. The lowest BCUT2D eigenvalue weighted by Gasteiger charge is -2.34. The molecule has 1 saturated carbocycles. The maximum absolute atomic E-state index is 6.38. The van der Waals surface area contributed by atoms with Crippen LogP contribution in [-0.4, -0.2) is 37.5 Å². The van der Waals surface area contributed by atoms with Gasteiger partial charge in [-0.3, -0.25) is 0 Å². The number of nitrogens with one attached hydrogen (secondary N) is 1. The Hall–Kier alpha value is -0.120. The van der Waals surface area contributed by atoms with Gasteiger partial charge in [-0.15, -0.1) is 0 Å². The van der Waals surface area contributed by atoms with Gasteiger partial charge < -0.3 is 14.8 Å². The third-order valence-electron chi connectivity index (χ3n) is 5.21. The van der Waals surface area contributed by atoms with Gasteiger partial charge in [-0.1, -0.05) is 13.8 Å². The molecule has 3 unspecified atom stereocenters. The Bertz CT molecular complexity index is 291. The van der Waals surface area contributed by atoms with Crippen molar-refractivity contribution in [3.8, 4) is 0 Å². The van der Waals surface area contributed by atoms with Gasteiger partial charge in [0.15, 0.2) is 0 Å².